The first-order valence-corrected chi connectivity index (χ1v) is 39.8. The molecule has 0 aliphatic heterocycles. The summed E-state index contributed by atoms with van der Waals surface area (Å²) in [6.45, 7) is 13.1. The average molecular weight is 1520 g/mol. The molecule has 0 saturated carbocycles. The second kappa shape index (κ2) is 51.2. The number of phenols is 1. The Kier molecular flexibility index (Phi) is 45.8. The number of carbonyl (C=O) groups excluding carboxylic acids is 3. The molecule has 0 fully saturated rings. The minimum atomic E-state index is -3.51. The third kappa shape index (κ3) is 31.9. The van der Waals surface area contributed by atoms with Gasteiger partial charge in [0.1, 0.15) is 23.0 Å². The number of methoxy groups -OCH3 is 2. The van der Waals surface area contributed by atoms with Crippen molar-refractivity contribution in [2.75, 3.05) is 46.4 Å². The normalized spacial score (nSPS) is 13.4. The Bertz CT molecular complexity index is 3960. The zero-order valence-corrected chi connectivity index (χ0v) is 67.8. The maximum Gasteiger partial charge on any atom is 1.00 e. The molecular formula is C85H111ClNNaO16P2. The van der Waals surface area contributed by atoms with Crippen LogP contribution >= 0.6 is 26.0 Å². The van der Waals surface area contributed by atoms with Crippen molar-refractivity contribution in [3.63, 3.8) is 0 Å². The molecule has 17 nitrogen and oxygen atoms in total. The van der Waals surface area contributed by atoms with Gasteiger partial charge in [-0.3, -0.25) is 37.3 Å². The predicted molar refractivity (Wildman–Crippen MR) is 426 cm³/mol. The van der Waals surface area contributed by atoms with E-state index >= 15 is 0 Å². The maximum atomic E-state index is 12.4. The van der Waals surface area contributed by atoms with Gasteiger partial charge in [-0.2, -0.15) is 0 Å². The summed E-state index contributed by atoms with van der Waals surface area (Å²) in [6, 6.07) is 43.0. The Labute approximate surface area is 657 Å². The van der Waals surface area contributed by atoms with Crippen LogP contribution in [0.2, 0.25) is 0 Å². The quantitative estimate of drug-likeness (QED) is 0.0461. The minimum Gasteiger partial charge on any atom is -0.870 e. The van der Waals surface area contributed by atoms with Crippen molar-refractivity contribution in [2.24, 2.45) is 0 Å². The van der Waals surface area contributed by atoms with E-state index in [2.05, 4.69) is 82.8 Å². The number of ketones is 3. The number of halogens is 1. The Hall–Kier alpha value is -7.21. The van der Waals surface area contributed by atoms with Gasteiger partial charge in [0.05, 0.1) is 40.6 Å². The summed E-state index contributed by atoms with van der Waals surface area (Å²) >= 11 is 5.25. The van der Waals surface area contributed by atoms with Crippen molar-refractivity contribution in [1.82, 2.24) is 0 Å². The molecular weight excluding hydrogens is 1410 g/mol. The van der Waals surface area contributed by atoms with Crippen LogP contribution in [0.25, 0.3) is 18.2 Å². The smallest absolute Gasteiger partial charge is 0.870 e. The summed E-state index contributed by atoms with van der Waals surface area (Å²) in [5, 5.41) is 17.8. The molecule has 0 radical (unpaired) electrons. The molecule has 0 heterocycles. The molecule has 570 valence electrons. The van der Waals surface area contributed by atoms with Crippen LogP contribution in [0.15, 0.2) is 152 Å². The zero-order valence-electron chi connectivity index (χ0n) is 63.2. The standard InChI is InChI=1S/C14H19O4P.2C11H12O2.C11H12O.C11H12.C10H13NO2.C10H10O.C4H10ClO3P.C2H6.CH4.Na.H2O/c1-3-16-19(15,17-4-2)18-14-11-7-9-12-8-5-6-10-13(12)14;1-13-11-7-3-4-8-9(11)5-2-6-10(8)12;1-13-9-6-5-8-3-2-4-11(12)10(8)7-9;1-8-5-6-9-3-2-4-11(12)10(9)7-8;1-9-5-4-7-10-6-2-3-8-11(9)10;11-9-6-4-8(5-7-9)2-1-3-10(12)13;11-10-7-3-5-8-4-1-2-6-9(8)10;1-3-7-9(5,6)8-4-2;1-2;;;/h5,7-9,11H,3-4,6,10H2,1-2H3;3-4,7H,2,5-6H2,1H3;5-7H,2-4H2,1H3;5-7H,2-4H2,1H3;2,4-7H,3,8H2,1H3;4-7H,1-3,11H2,(H,12,13);1,3-5,7,11H,2,6H2;3-4H2,1-2H3;1-2H3;1H4;;1H2/q;;;;;;;;;;+1;/p-1. The number of anilines is 1. The number of Topliss-reactive ketones (excluding diaryl/α,β-unsaturated/α-hetero) is 3. The number of phosphoric acid groups is 1. The Morgan fingerprint density at radius 3 is 1.53 bits per heavy atom. The summed E-state index contributed by atoms with van der Waals surface area (Å²) in [4.78, 5) is 44.7. The number of nitrogens with two attached hydrogens (primary N) is 1. The van der Waals surface area contributed by atoms with Gasteiger partial charge in [-0.05, 0) is 224 Å². The van der Waals surface area contributed by atoms with E-state index in [1.165, 1.54) is 40.7 Å². The number of aromatic hydroxyl groups is 1. The maximum absolute atomic E-state index is 12.4. The fourth-order valence-electron chi connectivity index (χ4n) is 12.0. The minimum absolute atomic E-state index is 0. The number of fused-ring (bicyclic) bond motifs is 6. The molecule has 0 atom stereocenters. The predicted octanol–water partition coefficient (Wildman–Crippen LogP) is 19.0. The largest absolute Gasteiger partial charge is 1.00 e. The van der Waals surface area contributed by atoms with Gasteiger partial charge in [-0.15, -0.1) is 0 Å². The number of nitrogen functional groups attached to an aromatic ring is 1. The molecule has 106 heavy (non-hydrogen) atoms. The van der Waals surface area contributed by atoms with Gasteiger partial charge in [-0.1, -0.05) is 148 Å². The Morgan fingerprint density at radius 2 is 1.00 bits per heavy atom. The van der Waals surface area contributed by atoms with Crippen LogP contribution < -0.4 is 49.3 Å². The number of carboxylic acid groups (broad SMARTS) is 1. The fraction of sp³-hybridized carbons (Fsp3) is 0.388. The summed E-state index contributed by atoms with van der Waals surface area (Å²) < 4.78 is 58.4. The van der Waals surface area contributed by atoms with Crippen molar-refractivity contribution in [3.8, 4) is 23.0 Å². The second-order valence-corrected chi connectivity index (χ2v) is 28.5. The van der Waals surface area contributed by atoms with Crippen molar-refractivity contribution in [1.29, 1.82) is 0 Å². The van der Waals surface area contributed by atoms with Gasteiger partial charge in [0.15, 0.2) is 17.3 Å². The molecule has 0 amide bonds. The topological polar surface area (TPSA) is 264 Å². The summed E-state index contributed by atoms with van der Waals surface area (Å²) in [5.41, 5.74) is 23.5. The first kappa shape index (κ1) is 94.9. The van der Waals surface area contributed by atoms with Gasteiger partial charge in [0.25, 0.3) is 0 Å². The van der Waals surface area contributed by atoms with Crippen LogP contribution in [0.1, 0.15) is 217 Å². The molecule has 0 unspecified atom stereocenters. The molecule has 13 rings (SSSR count). The number of hydrogen-bond acceptors (Lipinski definition) is 16. The number of benzene rings is 7. The Morgan fingerprint density at radius 1 is 0.528 bits per heavy atom. The molecule has 0 bridgehead atoms. The first-order chi connectivity index (χ1) is 49.6. The number of phenolic OH excluding ortho intramolecular Hbond substituents is 1. The number of phosphoric ester groups is 1. The molecule has 6 aliphatic carbocycles. The molecule has 0 saturated heterocycles. The molecule has 6 aliphatic rings. The monoisotopic (exact) mass is 1520 g/mol. The molecule has 7 aromatic rings. The van der Waals surface area contributed by atoms with Crippen LogP contribution in [0, 0.1) is 13.8 Å². The van der Waals surface area contributed by atoms with Crippen LogP contribution in [0.4, 0.5) is 5.69 Å². The van der Waals surface area contributed by atoms with Crippen LogP contribution in [-0.4, -0.2) is 79.7 Å². The van der Waals surface area contributed by atoms with Crippen molar-refractivity contribution < 1.29 is 106 Å². The van der Waals surface area contributed by atoms with Gasteiger partial charge in [-0.25, -0.2) is 9.13 Å². The number of carboxylic acids is 1. The van der Waals surface area contributed by atoms with E-state index in [1.54, 1.807) is 48.0 Å². The summed E-state index contributed by atoms with van der Waals surface area (Å²) in [5.74, 6) is 2.73. The van der Waals surface area contributed by atoms with Crippen LogP contribution in [-0.2, 0) is 77.0 Å². The SMILES string of the molecule is C.CC.CCOP(=O)(Cl)OCC.CCOP(=O)(OCC)Oc1cccc2c1CCC=C2.COc1ccc2c(c1)C(=O)CCC2.COc1cccc2c1CCCC2=O.Cc1ccc2c(c1)C(=O)CCC2.Cc1cccc2c1CCC=C2.Nc1ccc(CCCC(=O)O)cc1.Oc1cccc2c1CCC=C2.[Na+].[OH-]. The number of aliphatic carboxylic acids is 1. The average Bonchev–Trinajstić information content (AvgIpc) is 0.795. The van der Waals surface area contributed by atoms with Crippen molar-refractivity contribution in [3.05, 3.63) is 235 Å². The van der Waals surface area contributed by atoms with E-state index in [4.69, 9.17) is 45.1 Å². The van der Waals surface area contributed by atoms with Gasteiger partial charge >= 0.3 is 50.3 Å². The van der Waals surface area contributed by atoms with Gasteiger partial charge in [0, 0.05) is 76.0 Å². The molecule has 0 aromatic heterocycles. The third-order valence-electron chi connectivity index (χ3n) is 16.9. The zero-order chi connectivity index (χ0) is 75.2. The van der Waals surface area contributed by atoms with Crippen molar-refractivity contribution >= 4 is 73.2 Å². The third-order valence-corrected chi connectivity index (χ3v) is 20.2. The van der Waals surface area contributed by atoms with Gasteiger partial charge < -0.3 is 35.4 Å². The first-order valence-electron chi connectivity index (χ1n) is 35.9. The van der Waals surface area contributed by atoms with Crippen molar-refractivity contribution in [2.45, 2.75) is 178 Å². The molecule has 0 spiro atoms. The van der Waals surface area contributed by atoms with E-state index < -0.39 is 20.7 Å². The molecule has 7 aromatic carbocycles. The van der Waals surface area contributed by atoms with E-state index in [9.17, 15) is 33.4 Å². The van der Waals surface area contributed by atoms with E-state index in [0.29, 0.717) is 49.8 Å². The summed E-state index contributed by atoms with van der Waals surface area (Å²) in [7, 11) is -0.244. The van der Waals surface area contributed by atoms with Crippen LogP contribution in [0.5, 0.6) is 23.0 Å². The number of carbonyl (C=O) groups is 4. The van der Waals surface area contributed by atoms with E-state index in [0.717, 1.165) is 150 Å². The van der Waals surface area contributed by atoms with E-state index in [-0.39, 0.29) is 73.7 Å². The number of allylic oxidation sites excluding steroid dienone is 3. The van der Waals surface area contributed by atoms with E-state index in [1.807, 2.05) is 118 Å². The number of rotatable bonds is 16. The number of hydrogen-bond donors (Lipinski definition) is 3. The molecule has 5 N–H and O–H groups in total. The second-order valence-electron chi connectivity index (χ2n) is 24.3. The fourth-order valence-corrected chi connectivity index (χ4v) is 14.5. The van der Waals surface area contributed by atoms with Crippen LogP contribution in [0.3, 0.4) is 0 Å². The Balaban J connectivity index is 0.000000412. The van der Waals surface area contributed by atoms with Gasteiger partial charge in [0.2, 0.25) is 0 Å². The number of ether oxygens (including phenoxy) is 2. The molecule has 21 heteroatoms. The number of aryl methyl sites for hydroxylation is 5. The summed E-state index contributed by atoms with van der Waals surface area (Å²) in [6.07, 6.45) is 29.0.